The molecule has 0 heterocycles. The summed E-state index contributed by atoms with van der Waals surface area (Å²) in [6.45, 7) is 4.24. The summed E-state index contributed by atoms with van der Waals surface area (Å²) in [6.07, 6.45) is 3.28. The normalized spacial score (nSPS) is 12.0. The molecule has 0 saturated carbocycles. The maximum Gasteiger partial charge on any atom is 0.154 e. The summed E-state index contributed by atoms with van der Waals surface area (Å²) >= 11 is 0. The van der Waals surface area contributed by atoms with Gasteiger partial charge in [0.15, 0.2) is 11.5 Å². The van der Waals surface area contributed by atoms with E-state index in [4.69, 9.17) is 4.99 Å². The lowest BCUT2D eigenvalue weighted by Crippen LogP contribution is -2.37. The van der Waals surface area contributed by atoms with Gasteiger partial charge in [-0.05, 0) is 17.5 Å². The average Bonchev–Trinajstić information content (AvgIpc) is 2.83. The highest BCUT2D eigenvalue weighted by atomic mass is 16.4. The first kappa shape index (κ1) is 22.3. The number of amidine groups is 1. The van der Waals surface area contributed by atoms with Crippen LogP contribution in [0.25, 0.3) is 0 Å². The third-order valence-corrected chi connectivity index (χ3v) is 5.11. The second kappa shape index (κ2) is 12.3. The van der Waals surface area contributed by atoms with Gasteiger partial charge in [-0.2, -0.15) is 0 Å². The minimum absolute atomic E-state index is 0.504. The molecule has 0 bridgehead atoms. The van der Waals surface area contributed by atoms with Gasteiger partial charge in [0.05, 0.1) is 0 Å². The fraction of sp³-hybridized carbons (Fsp3) is 0.259. The summed E-state index contributed by atoms with van der Waals surface area (Å²) in [5.41, 5.74) is 3.73. The Hall–Kier alpha value is -3.40. The van der Waals surface area contributed by atoms with Gasteiger partial charge in [-0.3, -0.25) is 4.99 Å². The number of oxime groups is 1. The number of rotatable bonds is 10. The minimum Gasteiger partial charge on any atom is -0.410 e. The van der Waals surface area contributed by atoms with E-state index in [9.17, 15) is 5.21 Å². The lowest BCUT2D eigenvalue weighted by atomic mass is 10.1. The van der Waals surface area contributed by atoms with Crippen molar-refractivity contribution in [2.24, 2.45) is 10.1 Å². The average molecular weight is 414 g/mol. The Morgan fingerprint density at radius 2 is 1.26 bits per heavy atom. The number of nitrogens with zero attached hydrogens (tertiary/aromatic N) is 3. The molecule has 4 nitrogen and oxygen atoms in total. The molecule has 3 aromatic rings. The molecule has 160 valence electrons. The summed E-state index contributed by atoms with van der Waals surface area (Å²) in [7, 11) is 0. The van der Waals surface area contributed by atoms with Crippen LogP contribution < -0.4 is 0 Å². The zero-order valence-electron chi connectivity index (χ0n) is 18.2. The lowest BCUT2D eigenvalue weighted by molar-refractivity contribution is 0.318. The van der Waals surface area contributed by atoms with E-state index in [0.717, 1.165) is 30.7 Å². The number of hydrogen-bond acceptors (Lipinski definition) is 3. The van der Waals surface area contributed by atoms with E-state index in [1.165, 1.54) is 11.1 Å². The molecule has 0 aromatic heterocycles. The fourth-order valence-electron chi connectivity index (χ4n) is 3.51. The van der Waals surface area contributed by atoms with Gasteiger partial charge in [0, 0.05) is 25.2 Å². The highest BCUT2D eigenvalue weighted by molar-refractivity contribution is 6.47. The van der Waals surface area contributed by atoms with E-state index in [2.05, 4.69) is 41.2 Å². The van der Waals surface area contributed by atoms with Crippen LogP contribution in [0.2, 0.25) is 0 Å². The Balaban J connectivity index is 1.99. The molecule has 0 atom stereocenters. The van der Waals surface area contributed by atoms with Gasteiger partial charge in [-0.25, -0.2) is 0 Å². The van der Waals surface area contributed by atoms with Crippen molar-refractivity contribution >= 4 is 11.5 Å². The van der Waals surface area contributed by atoms with Crippen molar-refractivity contribution in [2.45, 2.75) is 39.3 Å². The molecule has 3 aromatic carbocycles. The zero-order chi connectivity index (χ0) is 21.7. The van der Waals surface area contributed by atoms with Crippen LogP contribution >= 0.6 is 0 Å². The van der Waals surface area contributed by atoms with Gasteiger partial charge in [0.2, 0.25) is 0 Å². The zero-order valence-corrected chi connectivity index (χ0v) is 18.2. The summed E-state index contributed by atoms with van der Waals surface area (Å²) in [5, 5.41) is 13.7. The lowest BCUT2D eigenvalue weighted by Gasteiger charge is -2.27. The van der Waals surface area contributed by atoms with Crippen LogP contribution in [0.5, 0.6) is 0 Å². The van der Waals surface area contributed by atoms with E-state index in [0.29, 0.717) is 25.3 Å². The van der Waals surface area contributed by atoms with Gasteiger partial charge < -0.3 is 10.1 Å². The molecule has 0 saturated heterocycles. The second-order valence-corrected chi connectivity index (χ2v) is 7.55. The SMILES string of the molecule is CCCCCN=C(/C(=N/O)c1ccccc1)N(Cc1ccccc1)Cc1ccccc1. The van der Waals surface area contributed by atoms with Gasteiger partial charge in [0.1, 0.15) is 0 Å². The van der Waals surface area contributed by atoms with Gasteiger partial charge in [-0.15, -0.1) is 0 Å². The van der Waals surface area contributed by atoms with Crippen LogP contribution in [0.1, 0.15) is 42.9 Å². The highest BCUT2D eigenvalue weighted by Gasteiger charge is 2.20. The Morgan fingerprint density at radius 1 is 0.742 bits per heavy atom. The first-order valence-electron chi connectivity index (χ1n) is 11.0. The van der Waals surface area contributed by atoms with Crippen molar-refractivity contribution in [3.8, 4) is 0 Å². The first-order valence-corrected chi connectivity index (χ1v) is 11.0. The predicted molar refractivity (Wildman–Crippen MR) is 129 cm³/mol. The molecular weight excluding hydrogens is 382 g/mol. The maximum absolute atomic E-state index is 10.0. The van der Waals surface area contributed by atoms with Crippen molar-refractivity contribution in [1.82, 2.24) is 4.90 Å². The fourth-order valence-corrected chi connectivity index (χ4v) is 3.51. The molecule has 0 spiro atoms. The number of aliphatic imine (C=N–C) groups is 1. The molecule has 3 rings (SSSR count). The van der Waals surface area contributed by atoms with E-state index in [-0.39, 0.29) is 0 Å². The van der Waals surface area contributed by atoms with Crippen LogP contribution in [0.3, 0.4) is 0 Å². The molecule has 0 radical (unpaired) electrons. The molecule has 4 heteroatoms. The third kappa shape index (κ3) is 6.82. The summed E-state index contributed by atoms with van der Waals surface area (Å²) in [6, 6.07) is 30.5. The molecule has 0 amide bonds. The molecule has 0 unspecified atom stereocenters. The van der Waals surface area contributed by atoms with Gasteiger partial charge >= 0.3 is 0 Å². The Labute approximate surface area is 185 Å². The molecule has 0 aliphatic carbocycles. The Morgan fingerprint density at radius 3 is 1.74 bits per heavy atom. The third-order valence-electron chi connectivity index (χ3n) is 5.11. The van der Waals surface area contributed by atoms with Crippen LogP contribution in [0, 0.1) is 0 Å². The molecule has 31 heavy (non-hydrogen) atoms. The first-order chi connectivity index (χ1) is 15.3. The van der Waals surface area contributed by atoms with Gasteiger partial charge in [0.25, 0.3) is 0 Å². The molecule has 0 fully saturated rings. The topological polar surface area (TPSA) is 48.2 Å². The molecule has 0 aliphatic rings. The Kier molecular flexibility index (Phi) is 8.87. The van der Waals surface area contributed by atoms with Crippen LogP contribution in [-0.2, 0) is 13.1 Å². The summed E-state index contributed by atoms with van der Waals surface area (Å²) in [5.74, 6) is 0.720. The number of unbranched alkanes of at least 4 members (excludes halogenated alkanes) is 2. The second-order valence-electron chi connectivity index (χ2n) is 7.55. The molecular formula is C27H31N3O. The predicted octanol–water partition coefficient (Wildman–Crippen LogP) is 6.16. The summed E-state index contributed by atoms with van der Waals surface area (Å²) < 4.78 is 0. The standard InChI is InChI=1S/C27H31N3O/c1-2-3-13-20-28-27(26(29-31)25-18-11-6-12-19-25)30(21-23-14-7-4-8-15-23)22-24-16-9-5-10-17-24/h4-12,14-19,31H,2-3,13,20-22H2,1H3/b28-27?,29-26+. The minimum atomic E-state index is 0.504. The van der Waals surface area contributed by atoms with Crippen LogP contribution in [0.15, 0.2) is 101 Å². The van der Waals surface area contributed by atoms with Crippen molar-refractivity contribution in [1.29, 1.82) is 0 Å². The van der Waals surface area contributed by atoms with Crippen LogP contribution in [0.4, 0.5) is 0 Å². The largest absolute Gasteiger partial charge is 0.410 e. The Bertz CT molecular complexity index is 912. The van der Waals surface area contributed by atoms with E-state index in [1.54, 1.807) is 0 Å². The van der Waals surface area contributed by atoms with E-state index < -0.39 is 0 Å². The van der Waals surface area contributed by atoms with Crippen molar-refractivity contribution in [3.05, 3.63) is 108 Å². The number of hydrogen-bond donors (Lipinski definition) is 1. The quantitative estimate of drug-likeness (QED) is 0.142. The molecule has 0 aliphatic heterocycles. The molecule has 1 N–H and O–H groups in total. The van der Waals surface area contributed by atoms with Crippen LogP contribution in [-0.4, -0.2) is 28.2 Å². The van der Waals surface area contributed by atoms with Gasteiger partial charge in [-0.1, -0.05) is 116 Å². The van der Waals surface area contributed by atoms with E-state index in [1.807, 2.05) is 66.7 Å². The monoisotopic (exact) mass is 413 g/mol. The number of benzene rings is 3. The van der Waals surface area contributed by atoms with Crippen molar-refractivity contribution in [3.63, 3.8) is 0 Å². The van der Waals surface area contributed by atoms with Crippen molar-refractivity contribution < 1.29 is 5.21 Å². The summed E-state index contributed by atoms with van der Waals surface area (Å²) in [4.78, 5) is 7.16. The smallest absolute Gasteiger partial charge is 0.154 e. The van der Waals surface area contributed by atoms with E-state index >= 15 is 0 Å². The maximum atomic E-state index is 10.0. The van der Waals surface area contributed by atoms with Crippen molar-refractivity contribution in [2.75, 3.05) is 6.54 Å². The highest BCUT2D eigenvalue weighted by Crippen LogP contribution is 2.15.